The van der Waals surface area contributed by atoms with Crippen molar-refractivity contribution in [3.63, 3.8) is 0 Å². The molecule has 3 aromatic rings. The number of nitrogens with zero attached hydrogens (tertiary/aromatic N) is 8. The maximum atomic E-state index is 13.1. The summed E-state index contributed by atoms with van der Waals surface area (Å²) >= 11 is 0. The summed E-state index contributed by atoms with van der Waals surface area (Å²) in [5, 5.41) is 5.12. The van der Waals surface area contributed by atoms with Crippen molar-refractivity contribution in [2.75, 3.05) is 22.9 Å². The highest BCUT2D eigenvalue weighted by atomic mass is 19.4. The van der Waals surface area contributed by atoms with Crippen LogP contribution in [0.25, 0.3) is 11.0 Å². The van der Waals surface area contributed by atoms with Crippen LogP contribution in [0, 0.1) is 5.92 Å². The second kappa shape index (κ2) is 6.26. The van der Waals surface area contributed by atoms with Gasteiger partial charge in [-0.15, -0.1) is 0 Å². The van der Waals surface area contributed by atoms with Gasteiger partial charge in [0, 0.05) is 38.3 Å². The summed E-state index contributed by atoms with van der Waals surface area (Å²) in [6.45, 7) is 3.41. The minimum atomic E-state index is -4.49. The molecule has 2 aliphatic rings. The van der Waals surface area contributed by atoms with Gasteiger partial charge < -0.3 is 9.80 Å². The molecule has 2 fully saturated rings. The number of fused-ring (bicyclic) bond motifs is 2. The van der Waals surface area contributed by atoms with E-state index in [9.17, 15) is 13.2 Å². The summed E-state index contributed by atoms with van der Waals surface area (Å²) < 4.78 is 41.0. The Balaban J connectivity index is 1.46. The zero-order valence-electron chi connectivity index (χ0n) is 15.9. The molecule has 3 unspecified atom stereocenters. The minimum Gasteiger partial charge on any atom is -0.353 e. The van der Waals surface area contributed by atoms with Gasteiger partial charge in [0.15, 0.2) is 5.65 Å². The smallest absolute Gasteiger partial charge is 0.353 e. The van der Waals surface area contributed by atoms with Crippen LogP contribution < -0.4 is 9.80 Å². The lowest BCUT2D eigenvalue weighted by Gasteiger charge is -2.29. The predicted octanol–water partition coefficient (Wildman–Crippen LogP) is 2.28. The monoisotopic (exact) mass is 404 g/mol. The molecule has 8 nitrogen and oxygen atoms in total. The van der Waals surface area contributed by atoms with Gasteiger partial charge in [-0.25, -0.2) is 19.9 Å². The molecule has 0 radical (unpaired) electrons. The summed E-state index contributed by atoms with van der Waals surface area (Å²) in [6, 6.07) is 0.998. The van der Waals surface area contributed by atoms with Crippen molar-refractivity contribution >= 4 is 22.8 Å². The van der Waals surface area contributed by atoms with Crippen molar-refractivity contribution in [1.29, 1.82) is 0 Å². The summed E-state index contributed by atoms with van der Waals surface area (Å²) in [5.41, 5.74) is -0.167. The van der Waals surface area contributed by atoms with Crippen LogP contribution in [0.5, 0.6) is 0 Å². The van der Waals surface area contributed by atoms with Crippen LogP contribution in [-0.2, 0) is 13.2 Å². The Morgan fingerprint density at radius 2 is 1.97 bits per heavy atom. The molecule has 0 aliphatic carbocycles. The number of hydrogen-bond donors (Lipinski definition) is 0. The first-order chi connectivity index (χ1) is 13.8. The lowest BCUT2D eigenvalue weighted by molar-refractivity contribution is -0.141. The molecule has 0 spiro atoms. The highest BCUT2D eigenvalue weighted by molar-refractivity contribution is 5.86. The Labute approximate surface area is 164 Å². The Morgan fingerprint density at radius 1 is 1.14 bits per heavy atom. The molecule has 2 saturated heterocycles. The summed E-state index contributed by atoms with van der Waals surface area (Å²) in [7, 11) is 1.83. The van der Waals surface area contributed by atoms with Crippen molar-refractivity contribution < 1.29 is 13.2 Å². The molecule has 0 saturated carbocycles. The molecule has 2 aliphatic heterocycles. The Hall–Kier alpha value is -2.98. The summed E-state index contributed by atoms with van der Waals surface area (Å²) in [5.74, 6) is 1.23. The van der Waals surface area contributed by atoms with E-state index in [1.54, 1.807) is 10.9 Å². The third-order valence-corrected chi connectivity index (χ3v) is 5.85. The van der Waals surface area contributed by atoms with Gasteiger partial charge in [-0.2, -0.15) is 18.3 Å². The van der Waals surface area contributed by atoms with Crippen LogP contribution in [0.2, 0.25) is 0 Å². The number of aryl methyl sites for hydroxylation is 1. The minimum absolute atomic E-state index is 0.0233. The molecule has 11 heteroatoms. The van der Waals surface area contributed by atoms with Crippen molar-refractivity contribution in [3.8, 4) is 0 Å². The predicted molar refractivity (Wildman–Crippen MR) is 99.4 cm³/mol. The molecular formula is C18H19F3N8. The van der Waals surface area contributed by atoms with Crippen LogP contribution in [0.3, 0.4) is 0 Å². The van der Waals surface area contributed by atoms with E-state index in [1.807, 2.05) is 18.9 Å². The van der Waals surface area contributed by atoms with Crippen LogP contribution >= 0.6 is 0 Å². The molecule has 0 aromatic carbocycles. The molecule has 0 bridgehead atoms. The van der Waals surface area contributed by atoms with Gasteiger partial charge in [-0.1, -0.05) is 0 Å². The van der Waals surface area contributed by atoms with E-state index < -0.39 is 11.9 Å². The van der Waals surface area contributed by atoms with Gasteiger partial charge >= 0.3 is 6.18 Å². The van der Waals surface area contributed by atoms with Crippen molar-refractivity contribution in [2.24, 2.45) is 13.0 Å². The summed E-state index contributed by atoms with van der Waals surface area (Å²) in [4.78, 5) is 20.8. The standard InChI is InChI=1S/C18H19F3N8/c1-10-5-11-7-28(16-12-6-25-27(2)15(12)23-9-24-16)8-13(11)29(10)17-22-4-3-14(26-17)18(19,20)21/h3-4,6,9-11,13H,5,7-8H2,1-2H3. The Bertz CT molecular complexity index is 1060. The van der Waals surface area contributed by atoms with Gasteiger partial charge in [-0.3, -0.25) is 4.68 Å². The molecule has 29 heavy (non-hydrogen) atoms. The van der Waals surface area contributed by atoms with Gasteiger partial charge in [0.25, 0.3) is 0 Å². The second-order valence-corrected chi connectivity index (χ2v) is 7.67. The average Bonchev–Trinajstić information content (AvgIpc) is 3.33. The largest absolute Gasteiger partial charge is 0.433 e. The second-order valence-electron chi connectivity index (χ2n) is 7.67. The van der Waals surface area contributed by atoms with E-state index in [2.05, 4.69) is 29.9 Å². The van der Waals surface area contributed by atoms with Gasteiger partial charge in [0.2, 0.25) is 5.95 Å². The third kappa shape index (κ3) is 2.87. The first kappa shape index (κ1) is 18.1. The lowest BCUT2D eigenvalue weighted by Crippen LogP contribution is -2.40. The fourth-order valence-electron chi connectivity index (χ4n) is 4.63. The Morgan fingerprint density at radius 3 is 2.76 bits per heavy atom. The fourth-order valence-corrected chi connectivity index (χ4v) is 4.63. The zero-order chi connectivity index (χ0) is 20.3. The van der Waals surface area contributed by atoms with Crippen molar-refractivity contribution in [3.05, 3.63) is 30.5 Å². The van der Waals surface area contributed by atoms with E-state index in [1.165, 1.54) is 12.5 Å². The zero-order valence-corrected chi connectivity index (χ0v) is 15.9. The van der Waals surface area contributed by atoms with Crippen molar-refractivity contribution in [2.45, 2.75) is 31.6 Å². The number of rotatable bonds is 2. The van der Waals surface area contributed by atoms with Crippen LogP contribution in [0.15, 0.2) is 24.8 Å². The maximum absolute atomic E-state index is 13.1. The first-order valence-corrected chi connectivity index (χ1v) is 9.39. The molecule has 0 N–H and O–H groups in total. The Kier molecular flexibility index (Phi) is 3.90. The highest BCUT2D eigenvalue weighted by Crippen LogP contribution is 2.40. The van der Waals surface area contributed by atoms with E-state index >= 15 is 0 Å². The van der Waals surface area contributed by atoms with E-state index in [0.717, 1.165) is 35.9 Å². The molecule has 5 heterocycles. The van der Waals surface area contributed by atoms with E-state index in [-0.39, 0.29) is 18.0 Å². The molecule has 3 aromatic heterocycles. The number of alkyl halides is 3. The number of hydrogen-bond acceptors (Lipinski definition) is 7. The summed E-state index contributed by atoms with van der Waals surface area (Å²) in [6.07, 6.45) is 0.816. The SMILES string of the molecule is CC1CC2CN(c3ncnc4c3cnn4C)CC2N1c1nccc(C(F)(F)F)n1. The number of halogens is 3. The van der Waals surface area contributed by atoms with Gasteiger partial charge in [0.05, 0.1) is 17.6 Å². The van der Waals surface area contributed by atoms with E-state index in [4.69, 9.17) is 0 Å². The fraction of sp³-hybridized carbons (Fsp3) is 0.500. The van der Waals surface area contributed by atoms with E-state index in [0.29, 0.717) is 12.5 Å². The molecular weight excluding hydrogens is 385 g/mol. The lowest BCUT2D eigenvalue weighted by atomic mass is 10.0. The highest BCUT2D eigenvalue weighted by Gasteiger charge is 2.47. The number of anilines is 2. The van der Waals surface area contributed by atoms with Crippen LogP contribution in [0.1, 0.15) is 19.0 Å². The van der Waals surface area contributed by atoms with Crippen LogP contribution in [0.4, 0.5) is 24.9 Å². The normalized spacial score (nSPS) is 24.5. The topological polar surface area (TPSA) is 75.9 Å². The maximum Gasteiger partial charge on any atom is 0.433 e. The molecule has 3 atom stereocenters. The quantitative estimate of drug-likeness (QED) is 0.649. The number of aromatic nitrogens is 6. The van der Waals surface area contributed by atoms with Gasteiger partial charge in [0.1, 0.15) is 17.8 Å². The first-order valence-electron chi connectivity index (χ1n) is 9.39. The third-order valence-electron chi connectivity index (χ3n) is 5.85. The average molecular weight is 404 g/mol. The molecule has 152 valence electrons. The molecule has 5 rings (SSSR count). The van der Waals surface area contributed by atoms with Crippen molar-refractivity contribution in [1.82, 2.24) is 29.7 Å². The van der Waals surface area contributed by atoms with Crippen LogP contribution in [-0.4, -0.2) is 54.9 Å². The van der Waals surface area contributed by atoms with Gasteiger partial charge in [-0.05, 0) is 19.4 Å². The molecule has 0 amide bonds.